The molecule has 2 rings (SSSR count). The molecule has 0 spiro atoms. The van der Waals surface area contributed by atoms with E-state index in [4.69, 9.17) is 31.2 Å². The summed E-state index contributed by atoms with van der Waals surface area (Å²) in [7, 11) is 0. The van der Waals surface area contributed by atoms with Gasteiger partial charge in [-0.25, -0.2) is 9.97 Å². The van der Waals surface area contributed by atoms with Crippen LogP contribution in [-0.4, -0.2) is 147 Å². The van der Waals surface area contributed by atoms with E-state index in [2.05, 4.69) is 35.9 Å². The number of rotatable bonds is 31. The zero-order valence-corrected chi connectivity index (χ0v) is 40.2. The lowest BCUT2D eigenvalue weighted by atomic mass is 10.1. The Hall–Kier alpha value is -5.99. The van der Waals surface area contributed by atoms with Gasteiger partial charge in [-0.3, -0.25) is 43.2 Å². The van der Waals surface area contributed by atoms with E-state index in [1.54, 1.807) is 41.5 Å². The van der Waals surface area contributed by atoms with Gasteiger partial charge in [-0.05, 0) is 60.5 Å². The first-order chi connectivity index (χ1) is 31.6. The van der Waals surface area contributed by atoms with Crippen molar-refractivity contribution in [1.29, 1.82) is 0 Å². The molecule has 0 aliphatic rings. The number of ether oxygens (including phenoxy) is 2. The van der Waals surface area contributed by atoms with Crippen molar-refractivity contribution in [2.24, 2.45) is 11.5 Å². The van der Waals surface area contributed by atoms with Gasteiger partial charge in [-0.15, -0.1) is 23.5 Å². The van der Waals surface area contributed by atoms with Crippen molar-refractivity contribution in [3.05, 3.63) is 36.0 Å². The van der Waals surface area contributed by atoms with E-state index in [9.17, 15) is 53.4 Å². The van der Waals surface area contributed by atoms with Gasteiger partial charge < -0.3 is 57.3 Å². The molecule has 376 valence electrons. The number of carbonyl (C=O) groups excluding carboxylic acids is 5. The number of hydrogen-bond donors (Lipinski definition) is 9. The van der Waals surface area contributed by atoms with Crippen molar-refractivity contribution in [3.8, 4) is 11.9 Å². The van der Waals surface area contributed by atoms with Crippen LogP contribution in [0, 0.1) is 0 Å². The lowest BCUT2D eigenvalue weighted by Crippen LogP contribution is -2.49. The Labute approximate surface area is 400 Å². The number of amides is 3. The van der Waals surface area contributed by atoms with Gasteiger partial charge in [0.25, 0.3) is 0 Å². The normalized spacial score (nSPS) is 14.2. The Kier molecular flexibility index (Phi) is 23.7. The molecule has 11 N–H and O–H groups in total. The molecular formula is C42H61N9O15S2. The van der Waals surface area contributed by atoms with Crippen molar-refractivity contribution in [2.45, 2.75) is 139 Å². The molecular weight excluding hydrogens is 935 g/mol. The minimum absolute atomic E-state index is 0.0463. The molecule has 0 aliphatic carbocycles. The highest BCUT2D eigenvalue weighted by molar-refractivity contribution is 7.99. The fourth-order valence-electron chi connectivity index (χ4n) is 5.58. The summed E-state index contributed by atoms with van der Waals surface area (Å²) in [6.07, 6.45) is -0.132. The molecule has 0 aromatic carbocycles. The van der Waals surface area contributed by atoms with Crippen LogP contribution < -0.4 is 36.9 Å². The maximum absolute atomic E-state index is 14.4. The third-order valence-corrected chi connectivity index (χ3v) is 11.5. The summed E-state index contributed by atoms with van der Waals surface area (Å²) in [5.74, 6) is -9.03. The molecule has 2 aromatic rings. The second-order valence-electron chi connectivity index (χ2n) is 17.2. The first kappa shape index (κ1) is 58.1. The van der Waals surface area contributed by atoms with Crippen molar-refractivity contribution in [3.63, 3.8) is 0 Å². The number of aliphatic carboxylic acids is 4. The van der Waals surface area contributed by atoms with E-state index in [-0.39, 0.29) is 73.4 Å². The lowest BCUT2D eigenvalue weighted by molar-refractivity contribution is -0.140. The Morgan fingerprint density at radius 2 is 1.19 bits per heavy atom. The predicted octanol–water partition coefficient (Wildman–Crippen LogP) is 1.21. The number of carbonyl (C=O) groups is 9. The molecule has 0 fully saturated rings. The molecule has 68 heavy (non-hydrogen) atoms. The number of carboxylic acid groups (broad SMARTS) is 4. The topological polar surface area (TPSA) is 393 Å². The van der Waals surface area contributed by atoms with E-state index >= 15 is 0 Å². The highest BCUT2D eigenvalue weighted by atomic mass is 32.2. The molecule has 0 aliphatic heterocycles. The van der Waals surface area contributed by atoms with Gasteiger partial charge in [-0.1, -0.05) is 0 Å². The minimum Gasteiger partial charge on any atom is -0.481 e. The molecule has 0 saturated heterocycles. The van der Waals surface area contributed by atoms with Gasteiger partial charge >= 0.3 is 29.9 Å². The third-order valence-electron chi connectivity index (χ3n) is 8.86. The number of thioether (sulfide) groups is 2. The van der Waals surface area contributed by atoms with Gasteiger partial charge in [0.1, 0.15) is 47.5 Å². The maximum atomic E-state index is 14.4. The maximum Gasteiger partial charge on any atom is 0.322 e. The summed E-state index contributed by atoms with van der Waals surface area (Å²) in [4.78, 5) is 130. The van der Waals surface area contributed by atoms with Crippen LogP contribution in [0.4, 0.5) is 0 Å². The van der Waals surface area contributed by atoms with Gasteiger partial charge in [0.2, 0.25) is 23.6 Å². The average Bonchev–Trinajstić information content (AvgIpc) is 3.23. The predicted molar refractivity (Wildman–Crippen MR) is 246 cm³/mol. The fourth-order valence-corrected chi connectivity index (χ4v) is 8.10. The molecule has 26 heteroatoms. The molecule has 2 aromatic heterocycles. The highest BCUT2D eigenvalue weighted by Gasteiger charge is 2.31. The number of hydrogen-bond acceptors (Lipinski definition) is 19. The van der Waals surface area contributed by atoms with Gasteiger partial charge in [0, 0.05) is 62.1 Å². The molecule has 24 nitrogen and oxygen atoms in total. The zero-order chi connectivity index (χ0) is 51.4. The lowest BCUT2D eigenvalue weighted by Gasteiger charge is -2.24. The summed E-state index contributed by atoms with van der Waals surface area (Å²) >= 11 is 1.99. The summed E-state index contributed by atoms with van der Waals surface area (Å²) in [5.41, 5.74) is 9.91. The van der Waals surface area contributed by atoms with Crippen molar-refractivity contribution in [2.75, 3.05) is 18.1 Å². The smallest absolute Gasteiger partial charge is 0.322 e. The van der Waals surface area contributed by atoms with E-state index < -0.39 is 118 Å². The van der Waals surface area contributed by atoms with Gasteiger partial charge in [0.05, 0.1) is 28.7 Å². The highest BCUT2D eigenvalue weighted by Crippen LogP contribution is 2.37. The average molecular weight is 996 g/mol. The van der Waals surface area contributed by atoms with Crippen LogP contribution in [-0.2, 0) is 43.2 Å². The van der Waals surface area contributed by atoms with E-state index in [1.165, 1.54) is 24.5 Å². The summed E-state index contributed by atoms with van der Waals surface area (Å²) in [5, 5.41) is 42.2. The molecule has 2 heterocycles. The molecule has 0 radical (unpaired) electrons. The van der Waals surface area contributed by atoms with Gasteiger partial charge in [-0.2, -0.15) is 9.97 Å². The Bertz CT molecular complexity index is 1960. The summed E-state index contributed by atoms with van der Waals surface area (Å²) in [6, 6.07) is -2.47. The Morgan fingerprint density at radius 3 is 1.74 bits per heavy atom. The van der Waals surface area contributed by atoms with Crippen LogP contribution in [0.1, 0.15) is 115 Å². The Balaban J connectivity index is 2.59. The SMILES string of the molecule is CC(C)(C)Oc1ccnc(C(CC(=O)CC(SC[C@H](NC(=O)CC[C@H](N)C(=O)O)C(=O)NCC(=O)O)c2ccnc(OC(C)(C)C)n2)SC[C@H](NC(=O)CC[C@@H](N)C(=O)O)C(=O)CCC(=O)O)n1. The van der Waals surface area contributed by atoms with Crippen LogP contribution in [0.2, 0.25) is 0 Å². The van der Waals surface area contributed by atoms with E-state index in [1.807, 2.05) is 0 Å². The number of Topliss-reactive ketones (excluding diaryl/α,β-unsaturated/α-hetero) is 2. The first-order valence-electron chi connectivity index (χ1n) is 21.2. The monoisotopic (exact) mass is 995 g/mol. The number of nitrogens with zero attached hydrogens (tertiary/aromatic N) is 4. The Morgan fingerprint density at radius 1 is 0.662 bits per heavy atom. The quantitative estimate of drug-likeness (QED) is 0.0512. The molecule has 6 atom stereocenters. The number of aromatic nitrogens is 4. The van der Waals surface area contributed by atoms with Gasteiger partial charge in [0.15, 0.2) is 5.78 Å². The zero-order valence-electron chi connectivity index (χ0n) is 38.6. The van der Waals surface area contributed by atoms with Crippen LogP contribution in [0.15, 0.2) is 24.5 Å². The second kappa shape index (κ2) is 27.7. The van der Waals surface area contributed by atoms with Crippen molar-refractivity contribution < 1.29 is 73.1 Å². The second-order valence-corrected chi connectivity index (χ2v) is 19.7. The van der Waals surface area contributed by atoms with Crippen LogP contribution in [0.3, 0.4) is 0 Å². The number of nitrogens with one attached hydrogen (secondary N) is 3. The molecule has 3 amide bonds. The molecule has 0 saturated carbocycles. The van der Waals surface area contributed by atoms with Crippen LogP contribution in [0.25, 0.3) is 0 Å². The first-order valence-corrected chi connectivity index (χ1v) is 23.3. The molecule has 0 bridgehead atoms. The minimum atomic E-state index is -1.40. The summed E-state index contributed by atoms with van der Waals surface area (Å²) < 4.78 is 11.8. The number of ketones is 2. The standard InChI is InChI=1S/C42H61N9O15S2/c1-41(2,3)65-33-14-16-45-36(51-33)30(68-20-26(28(53)9-12-34(56)57)48-31(54)10-7-23(43)38(61)62)18-22(52)17-29(25-13-15-46-40(50-25)66-42(4,5)6)67-21-27(37(60)47-19-35(58)59)49-32(55)11-8-24(44)39(63)64/h13-16,23-24,26-27,29-30H,7-12,17-21,43-44H2,1-6H3,(H,47,60)(H,48,54)(H,49,55)(H,56,57)(H,58,59)(H,61,62)(H,63,64)/t23-,24+,26+,27+,29?,30?/m1/s1. The van der Waals surface area contributed by atoms with E-state index in [0.717, 1.165) is 23.5 Å². The fraction of sp³-hybridized carbons (Fsp3) is 0.595. The van der Waals surface area contributed by atoms with Crippen LogP contribution >= 0.6 is 23.5 Å². The van der Waals surface area contributed by atoms with Crippen molar-refractivity contribution >= 4 is 76.7 Å². The van der Waals surface area contributed by atoms with E-state index in [0.29, 0.717) is 0 Å². The van der Waals surface area contributed by atoms with Crippen LogP contribution in [0.5, 0.6) is 11.9 Å². The number of carboxylic acids is 4. The summed E-state index contributed by atoms with van der Waals surface area (Å²) in [6.45, 7) is 9.85. The number of nitrogens with two attached hydrogens (primary N) is 2. The molecule has 2 unspecified atom stereocenters. The largest absolute Gasteiger partial charge is 0.481 e. The van der Waals surface area contributed by atoms with Crippen molar-refractivity contribution in [1.82, 2.24) is 35.9 Å². The third kappa shape index (κ3) is 23.6.